The van der Waals surface area contributed by atoms with Gasteiger partial charge in [0.25, 0.3) is 5.91 Å². The smallest absolute Gasteiger partial charge is 0.308 e. The lowest BCUT2D eigenvalue weighted by atomic mass is 9.94. The summed E-state index contributed by atoms with van der Waals surface area (Å²) >= 11 is 0. The van der Waals surface area contributed by atoms with Gasteiger partial charge in [-0.3, -0.25) is 33.6 Å². The van der Waals surface area contributed by atoms with Crippen LogP contribution in [0.5, 0.6) is 0 Å². The molecule has 2 fully saturated rings. The Hall–Kier alpha value is -3.71. The average Bonchev–Trinajstić information content (AvgIpc) is 3.46. The molecule has 14 heteroatoms. The second-order valence-electron chi connectivity index (χ2n) is 12.3. The number of rotatable bonds is 6. The third kappa shape index (κ3) is 8.69. The molecular formula is C30H49N5O9. The fourth-order valence-corrected chi connectivity index (χ4v) is 5.52. The van der Waals surface area contributed by atoms with E-state index in [9.17, 15) is 38.7 Å². The van der Waals surface area contributed by atoms with E-state index in [0.717, 1.165) is 0 Å². The Morgan fingerprint density at radius 2 is 1.61 bits per heavy atom. The fraction of sp³-hybridized carbons (Fsp3) is 0.767. The number of carbonyl (C=O) groups is 7. The summed E-state index contributed by atoms with van der Waals surface area (Å²) < 4.78 is 5.44. The molecule has 5 amide bonds. The van der Waals surface area contributed by atoms with Gasteiger partial charge in [0, 0.05) is 33.6 Å². The molecule has 0 radical (unpaired) electrons. The molecule has 0 saturated carbocycles. The van der Waals surface area contributed by atoms with Crippen molar-refractivity contribution in [1.82, 2.24) is 25.3 Å². The quantitative estimate of drug-likeness (QED) is 0.352. The molecule has 2 rings (SSSR count). The third-order valence-corrected chi connectivity index (χ3v) is 8.74. The summed E-state index contributed by atoms with van der Waals surface area (Å²) in [5.41, 5.74) is 0. The molecule has 0 unspecified atom stereocenters. The predicted molar refractivity (Wildman–Crippen MR) is 159 cm³/mol. The standard InChI is InChI=1S/C30H49N5O9/c1-9-17(4)23-28(40)34(8)24(16(2)3)29(41)33(7)19(6)25(37)31-13-12-22(36)44-21(15-18(5)30(42)43)27(39)35-14-10-11-20(35)26(38)32-23/h16-21,23-24H,9-15H2,1-8H3,(H,31,37)(H,32,38)(H,42,43)/t17-,18-,19-,20-,21-,23-,24-/m0/s1. The van der Waals surface area contributed by atoms with Crippen LogP contribution in [-0.2, 0) is 38.3 Å². The third-order valence-electron chi connectivity index (χ3n) is 8.74. The van der Waals surface area contributed by atoms with Crippen molar-refractivity contribution < 1.29 is 43.4 Å². The minimum Gasteiger partial charge on any atom is -0.481 e. The highest BCUT2D eigenvalue weighted by molar-refractivity contribution is 5.96. The van der Waals surface area contributed by atoms with Crippen LogP contribution in [0.3, 0.4) is 0 Å². The molecular weight excluding hydrogens is 574 g/mol. The number of nitrogens with zero attached hydrogens (tertiary/aromatic N) is 3. The molecule has 0 aromatic carbocycles. The zero-order valence-corrected chi connectivity index (χ0v) is 27.1. The van der Waals surface area contributed by atoms with Gasteiger partial charge in [-0.05, 0) is 31.6 Å². The minimum atomic E-state index is -1.47. The molecule has 7 atom stereocenters. The second kappa shape index (κ2) is 15.8. The van der Waals surface area contributed by atoms with Gasteiger partial charge in [-0.25, -0.2) is 0 Å². The number of esters is 1. The summed E-state index contributed by atoms with van der Waals surface area (Å²) in [5, 5.41) is 14.9. The van der Waals surface area contributed by atoms with Crippen molar-refractivity contribution in [2.75, 3.05) is 27.2 Å². The molecule has 2 aliphatic rings. The summed E-state index contributed by atoms with van der Waals surface area (Å²) in [5.74, 6) is -6.46. The Balaban J connectivity index is 2.56. The van der Waals surface area contributed by atoms with Crippen LogP contribution in [0.15, 0.2) is 0 Å². The number of carbonyl (C=O) groups excluding carboxylic acids is 6. The molecule has 0 aromatic heterocycles. The zero-order chi connectivity index (χ0) is 33.5. The first-order valence-corrected chi connectivity index (χ1v) is 15.4. The van der Waals surface area contributed by atoms with Crippen molar-refractivity contribution in [3.8, 4) is 0 Å². The van der Waals surface area contributed by atoms with Crippen molar-refractivity contribution in [1.29, 1.82) is 0 Å². The lowest BCUT2D eigenvalue weighted by Crippen LogP contribution is -2.60. The largest absolute Gasteiger partial charge is 0.481 e. The van der Waals surface area contributed by atoms with E-state index in [1.807, 2.05) is 6.92 Å². The van der Waals surface area contributed by atoms with Gasteiger partial charge in [0.05, 0.1) is 12.3 Å². The van der Waals surface area contributed by atoms with Gasteiger partial charge < -0.3 is 35.2 Å². The van der Waals surface area contributed by atoms with E-state index in [1.54, 1.807) is 20.8 Å². The van der Waals surface area contributed by atoms with Gasteiger partial charge in [0.15, 0.2) is 6.10 Å². The number of fused-ring (bicyclic) bond motifs is 1. The van der Waals surface area contributed by atoms with Gasteiger partial charge in [-0.15, -0.1) is 0 Å². The van der Waals surface area contributed by atoms with Crippen LogP contribution in [0, 0.1) is 17.8 Å². The number of ether oxygens (including phenoxy) is 1. The molecule has 248 valence electrons. The first-order chi connectivity index (χ1) is 20.5. The molecule has 14 nitrogen and oxygen atoms in total. The number of aliphatic carboxylic acids is 1. The Morgan fingerprint density at radius 3 is 2.18 bits per heavy atom. The number of hydrogen-bond acceptors (Lipinski definition) is 8. The maximum Gasteiger partial charge on any atom is 0.308 e. The number of amides is 5. The van der Waals surface area contributed by atoms with Gasteiger partial charge in [-0.2, -0.15) is 0 Å². The van der Waals surface area contributed by atoms with Gasteiger partial charge in [0.1, 0.15) is 24.2 Å². The molecule has 3 N–H and O–H groups in total. The van der Waals surface area contributed by atoms with Crippen molar-refractivity contribution in [2.45, 2.75) is 104 Å². The van der Waals surface area contributed by atoms with Crippen LogP contribution in [0.1, 0.15) is 73.6 Å². The summed E-state index contributed by atoms with van der Waals surface area (Å²) in [7, 11) is 2.95. The highest BCUT2D eigenvalue weighted by atomic mass is 16.5. The lowest BCUT2D eigenvalue weighted by Gasteiger charge is -2.38. The molecule has 0 bridgehead atoms. The van der Waals surface area contributed by atoms with Gasteiger partial charge in [0.2, 0.25) is 23.6 Å². The number of hydrogen-bond donors (Lipinski definition) is 3. The molecule has 0 aromatic rings. The van der Waals surface area contributed by atoms with Crippen LogP contribution in [0.4, 0.5) is 0 Å². The van der Waals surface area contributed by atoms with Crippen LogP contribution in [0.25, 0.3) is 0 Å². The number of nitrogens with one attached hydrogen (secondary N) is 2. The lowest BCUT2D eigenvalue weighted by molar-refractivity contribution is -0.164. The van der Waals surface area contributed by atoms with Gasteiger partial charge >= 0.3 is 11.9 Å². The molecule has 2 heterocycles. The van der Waals surface area contributed by atoms with Crippen LogP contribution in [-0.4, -0.2) is 119 Å². The molecule has 0 spiro atoms. The van der Waals surface area contributed by atoms with Crippen LogP contribution >= 0.6 is 0 Å². The highest BCUT2D eigenvalue weighted by Gasteiger charge is 2.43. The van der Waals surface area contributed by atoms with Crippen molar-refractivity contribution in [3.05, 3.63) is 0 Å². The van der Waals surface area contributed by atoms with E-state index >= 15 is 0 Å². The Morgan fingerprint density at radius 1 is 0.977 bits per heavy atom. The molecule has 44 heavy (non-hydrogen) atoms. The maximum absolute atomic E-state index is 13.9. The normalized spacial score (nSPS) is 28.4. The zero-order valence-electron chi connectivity index (χ0n) is 27.1. The number of cyclic esters (lactones) is 1. The summed E-state index contributed by atoms with van der Waals surface area (Å²) in [6.45, 7) is 10.2. The number of likely N-dealkylation sites (N-methyl/N-ethyl adjacent to an activating group) is 2. The summed E-state index contributed by atoms with van der Waals surface area (Å²) in [4.78, 5) is 96.0. The molecule has 0 aliphatic carbocycles. The van der Waals surface area contributed by atoms with E-state index < -0.39 is 77.7 Å². The second-order valence-corrected chi connectivity index (χ2v) is 12.3. The number of carboxylic acids is 1. The minimum absolute atomic E-state index is 0.156. The van der Waals surface area contributed by atoms with E-state index in [2.05, 4.69) is 10.6 Å². The van der Waals surface area contributed by atoms with E-state index in [-0.39, 0.29) is 37.8 Å². The Bertz CT molecular complexity index is 1110. The topological polar surface area (TPSA) is 183 Å². The van der Waals surface area contributed by atoms with Crippen LogP contribution < -0.4 is 10.6 Å². The predicted octanol–water partition coefficient (Wildman–Crippen LogP) is 0.381. The van der Waals surface area contributed by atoms with E-state index in [4.69, 9.17) is 4.74 Å². The van der Waals surface area contributed by atoms with Gasteiger partial charge in [-0.1, -0.05) is 41.0 Å². The van der Waals surface area contributed by atoms with Crippen molar-refractivity contribution in [3.63, 3.8) is 0 Å². The Labute approximate surface area is 259 Å². The first kappa shape index (κ1) is 36.5. The monoisotopic (exact) mass is 623 g/mol. The van der Waals surface area contributed by atoms with E-state index in [0.29, 0.717) is 19.3 Å². The fourth-order valence-electron chi connectivity index (χ4n) is 5.52. The SMILES string of the molecule is CC[C@H](C)[C@@H]1NC(=O)[C@@H]2CCCN2C(=O)[C@H](C[C@H](C)C(=O)O)OC(=O)CCNC(=O)[C@H](C)N(C)C(=O)[C@H](C(C)C)N(C)C1=O. The molecule has 2 saturated heterocycles. The summed E-state index contributed by atoms with van der Waals surface area (Å²) in [6, 6.07) is -3.87. The Kier molecular flexibility index (Phi) is 13.1. The van der Waals surface area contributed by atoms with Crippen molar-refractivity contribution >= 4 is 41.5 Å². The first-order valence-electron chi connectivity index (χ1n) is 15.4. The summed E-state index contributed by atoms with van der Waals surface area (Å²) in [6.07, 6.45) is -0.787. The average molecular weight is 624 g/mol. The van der Waals surface area contributed by atoms with Crippen molar-refractivity contribution in [2.24, 2.45) is 17.8 Å². The molecule has 2 aliphatic heterocycles. The van der Waals surface area contributed by atoms with Crippen LogP contribution in [0.2, 0.25) is 0 Å². The highest BCUT2D eigenvalue weighted by Crippen LogP contribution is 2.24. The van der Waals surface area contributed by atoms with E-state index in [1.165, 1.54) is 42.6 Å². The number of carboxylic acid groups (broad SMARTS) is 1. The maximum atomic E-state index is 13.9.